The van der Waals surface area contributed by atoms with E-state index in [2.05, 4.69) is 26.1 Å². The Bertz CT molecular complexity index is 321. The van der Waals surface area contributed by atoms with Crippen LogP contribution in [0.3, 0.4) is 0 Å². The highest BCUT2D eigenvalue weighted by molar-refractivity contribution is 5.27. The lowest BCUT2D eigenvalue weighted by atomic mass is 10.1. The third-order valence-electron chi connectivity index (χ3n) is 2.34. The summed E-state index contributed by atoms with van der Waals surface area (Å²) < 4.78 is 5.50. The Morgan fingerprint density at radius 1 is 1.06 bits per heavy atom. The smallest absolute Gasteiger partial charge is 0.119 e. The van der Waals surface area contributed by atoms with Crippen LogP contribution in [0.4, 0.5) is 0 Å². The molecule has 0 aromatic heterocycles. The summed E-state index contributed by atoms with van der Waals surface area (Å²) in [6, 6.07) is 7.95. The molecule has 0 unspecified atom stereocenters. The normalized spacial score (nSPS) is 12.6. The Kier molecular flexibility index (Phi) is 4.77. The highest BCUT2D eigenvalue weighted by atomic mass is 16.5. The second-order valence-electron chi connectivity index (χ2n) is 6.35. The van der Waals surface area contributed by atoms with Crippen LogP contribution in [-0.4, -0.2) is 22.9 Å². The number of hydrogen-bond acceptors (Lipinski definition) is 3. The minimum Gasteiger partial charge on any atom is -0.491 e. The van der Waals surface area contributed by atoms with E-state index in [0.29, 0.717) is 6.61 Å². The van der Waals surface area contributed by atoms with Crippen LogP contribution in [0.15, 0.2) is 24.3 Å². The minimum atomic E-state index is -0.799. The van der Waals surface area contributed by atoms with Crippen molar-refractivity contribution in [3.8, 4) is 5.75 Å². The van der Waals surface area contributed by atoms with Gasteiger partial charge in [0.2, 0.25) is 0 Å². The number of nitrogens with one attached hydrogen (secondary N) is 1. The minimum absolute atomic E-state index is 0.121. The highest BCUT2D eigenvalue weighted by Crippen LogP contribution is 2.14. The first-order valence-corrected chi connectivity index (χ1v) is 6.35. The first-order chi connectivity index (χ1) is 8.16. The summed E-state index contributed by atoms with van der Waals surface area (Å²) in [5.41, 5.74) is 0.545. The largest absolute Gasteiger partial charge is 0.491 e. The molecule has 0 saturated carbocycles. The first-order valence-electron chi connectivity index (χ1n) is 6.35. The van der Waals surface area contributed by atoms with E-state index in [-0.39, 0.29) is 5.54 Å². The molecule has 102 valence electrons. The van der Waals surface area contributed by atoms with Crippen LogP contribution in [0.1, 0.15) is 40.2 Å². The van der Waals surface area contributed by atoms with Crippen molar-refractivity contribution in [3.63, 3.8) is 0 Å². The van der Waals surface area contributed by atoms with Crippen molar-refractivity contribution in [2.45, 2.75) is 52.3 Å². The number of hydrogen-bond donors (Lipinski definition) is 2. The van der Waals surface area contributed by atoms with Crippen LogP contribution in [0.2, 0.25) is 0 Å². The summed E-state index contributed by atoms with van der Waals surface area (Å²) in [5, 5.41) is 13.0. The monoisotopic (exact) mass is 251 g/mol. The average molecular weight is 251 g/mol. The third kappa shape index (κ3) is 6.62. The van der Waals surface area contributed by atoms with Gasteiger partial charge in [-0.15, -0.1) is 0 Å². The van der Waals surface area contributed by atoms with Crippen LogP contribution < -0.4 is 10.1 Å². The Morgan fingerprint density at radius 2 is 1.61 bits per heavy atom. The van der Waals surface area contributed by atoms with E-state index < -0.39 is 5.60 Å². The van der Waals surface area contributed by atoms with Crippen molar-refractivity contribution in [2.75, 3.05) is 6.61 Å². The van der Waals surface area contributed by atoms with Gasteiger partial charge in [0.1, 0.15) is 12.4 Å². The van der Waals surface area contributed by atoms with Crippen molar-refractivity contribution in [2.24, 2.45) is 0 Å². The zero-order chi connectivity index (χ0) is 13.8. The van der Waals surface area contributed by atoms with E-state index in [1.165, 1.54) is 5.56 Å². The van der Waals surface area contributed by atoms with Gasteiger partial charge in [-0.05, 0) is 52.3 Å². The molecule has 3 heteroatoms. The molecule has 1 aromatic rings. The Labute approximate surface area is 110 Å². The van der Waals surface area contributed by atoms with Crippen molar-refractivity contribution in [1.82, 2.24) is 5.32 Å². The number of ether oxygens (including phenoxy) is 1. The molecule has 0 saturated heterocycles. The predicted molar refractivity (Wildman–Crippen MR) is 74.8 cm³/mol. The zero-order valence-corrected chi connectivity index (χ0v) is 12.1. The maximum Gasteiger partial charge on any atom is 0.119 e. The summed E-state index contributed by atoms with van der Waals surface area (Å²) in [6.07, 6.45) is 0. The molecule has 0 heterocycles. The van der Waals surface area contributed by atoms with Crippen LogP contribution in [0.5, 0.6) is 5.75 Å². The van der Waals surface area contributed by atoms with Crippen LogP contribution in [-0.2, 0) is 6.54 Å². The molecular weight excluding hydrogens is 226 g/mol. The summed E-state index contributed by atoms with van der Waals surface area (Å²) in [7, 11) is 0. The lowest BCUT2D eigenvalue weighted by Crippen LogP contribution is -2.35. The van der Waals surface area contributed by atoms with Gasteiger partial charge in [0.05, 0.1) is 5.60 Å². The predicted octanol–water partition coefficient (Wildman–Crippen LogP) is 2.72. The molecule has 18 heavy (non-hydrogen) atoms. The summed E-state index contributed by atoms with van der Waals surface area (Å²) in [4.78, 5) is 0. The topological polar surface area (TPSA) is 41.5 Å². The maximum absolute atomic E-state index is 9.57. The molecule has 0 atom stereocenters. The van der Waals surface area contributed by atoms with Gasteiger partial charge in [-0.2, -0.15) is 0 Å². The summed E-state index contributed by atoms with van der Waals surface area (Å²) in [5.74, 6) is 0.789. The molecule has 0 bridgehead atoms. The lowest BCUT2D eigenvalue weighted by Gasteiger charge is -2.21. The van der Waals surface area contributed by atoms with E-state index in [9.17, 15) is 5.11 Å². The number of rotatable bonds is 5. The standard InChI is InChI=1S/C15H25NO2/c1-14(2,3)16-10-12-6-8-13(9-7-12)18-11-15(4,5)17/h6-9,16-17H,10-11H2,1-5H3. The molecule has 0 spiro atoms. The van der Waals surface area contributed by atoms with E-state index in [4.69, 9.17) is 4.74 Å². The van der Waals surface area contributed by atoms with Crippen LogP contribution in [0, 0.1) is 0 Å². The molecule has 3 nitrogen and oxygen atoms in total. The highest BCUT2D eigenvalue weighted by Gasteiger charge is 2.13. The van der Waals surface area contributed by atoms with Crippen molar-refractivity contribution >= 4 is 0 Å². The summed E-state index contributed by atoms with van der Waals surface area (Å²) >= 11 is 0. The molecule has 0 fully saturated rings. The fourth-order valence-electron chi connectivity index (χ4n) is 1.33. The maximum atomic E-state index is 9.57. The Hall–Kier alpha value is -1.06. The first kappa shape index (κ1) is 15.0. The molecule has 0 aliphatic heterocycles. The quantitative estimate of drug-likeness (QED) is 0.845. The number of aliphatic hydroxyl groups is 1. The van der Waals surface area contributed by atoms with Gasteiger partial charge in [0.25, 0.3) is 0 Å². The van der Waals surface area contributed by atoms with Crippen molar-refractivity contribution in [3.05, 3.63) is 29.8 Å². The fraction of sp³-hybridized carbons (Fsp3) is 0.600. The molecule has 2 N–H and O–H groups in total. The molecule has 0 aliphatic carbocycles. The molecule has 0 radical (unpaired) electrons. The van der Waals surface area contributed by atoms with Crippen LogP contribution in [0.25, 0.3) is 0 Å². The molecule has 1 aromatic carbocycles. The van der Waals surface area contributed by atoms with Gasteiger partial charge >= 0.3 is 0 Å². The van der Waals surface area contributed by atoms with Gasteiger partial charge in [-0.1, -0.05) is 12.1 Å². The molecule has 0 aliphatic rings. The van der Waals surface area contributed by atoms with E-state index in [0.717, 1.165) is 12.3 Å². The number of benzene rings is 1. The fourth-order valence-corrected chi connectivity index (χ4v) is 1.33. The second-order valence-corrected chi connectivity index (χ2v) is 6.35. The average Bonchev–Trinajstić information content (AvgIpc) is 2.23. The third-order valence-corrected chi connectivity index (χ3v) is 2.34. The van der Waals surface area contributed by atoms with Crippen molar-refractivity contribution < 1.29 is 9.84 Å². The van der Waals surface area contributed by atoms with Gasteiger partial charge in [-0.3, -0.25) is 0 Å². The second kappa shape index (κ2) is 5.72. The van der Waals surface area contributed by atoms with Gasteiger partial charge < -0.3 is 15.2 Å². The van der Waals surface area contributed by atoms with E-state index in [1.54, 1.807) is 13.8 Å². The van der Waals surface area contributed by atoms with Gasteiger partial charge in [-0.25, -0.2) is 0 Å². The lowest BCUT2D eigenvalue weighted by molar-refractivity contribution is 0.0285. The van der Waals surface area contributed by atoms with Crippen LogP contribution >= 0.6 is 0 Å². The van der Waals surface area contributed by atoms with E-state index in [1.807, 2.05) is 24.3 Å². The molecule has 0 amide bonds. The van der Waals surface area contributed by atoms with Gasteiger partial charge in [0, 0.05) is 12.1 Å². The summed E-state index contributed by atoms with van der Waals surface area (Å²) in [6.45, 7) is 11.0. The molecular formula is C15H25NO2. The Morgan fingerprint density at radius 3 is 2.06 bits per heavy atom. The van der Waals surface area contributed by atoms with Gasteiger partial charge in [0.15, 0.2) is 0 Å². The Balaban J connectivity index is 2.48. The van der Waals surface area contributed by atoms with Crippen molar-refractivity contribution in [1.29, 1.82) is 0 Å². The molecule has 1 rings (SSSR count). The van der Waals surface area contributed by atoms with E-state index >= 15 is 0 Å². The SMILES string of the molecule is CC(C)(O)COc1ccc(CNC(C)(C)C)cc1. The zero-order valence-electron chi connectivity index (χ0n) is 12.1.